The minimum atomic E-state index is -5.58. The molecule has 0 aromatic heterocycles. The van der Waals surface area contributed by atoms with Crippen LogP contribution in [-0.2, 0) is 12.5 Å². The first-order valence-electron chi connectivity index (χ1n) is 6.21. The number of nitrogens with zero attached hydrogens (tertiary/aromatic N) is 2. The summed E-state index contributed by atoms with van der Waals surface area (Å²) in [5.41, 5.74) is -0.952. The molecule has 0 saturated carbocycles. The Balaban J connectivity index is 2.26. The van der Waals surface area contributed by atoms with Crippen molar-refractivity contribution in [1.82, 2.24) is 10.2 Å². The van der Waals surface area contributed by atoms with Crippen LogP contribution in [0.25, 0.3) is 0 Å². The van der Waals surface area contributed by atoms with Crippen molar-refractivity contribution in [3.8, 4) is 0 Å². The third kappa shape index (κ3) is 3.09. The number of piperazine rings is 1. The van der Waals surface area contributed by atoms with Crippen LogP contribution in [0.3, 0.4) is 0 Å². The molecule has 1 heterocycles. The molecule has 0 N–H and O–H groups in total. The quantitative estimate of drug-likeness (QED) is 0.783. The smallest absolute Gasteiger partial charge is 0.296 e. The van der Waals surface area contributed by atoms with Gasteiger partial charge in [0.2, 0.25) is 0 Å². The second kappa shape index (κ2) is 5.65. The summed E-state index contributed by atoms with van der Waals surface area (Å²) in [5, 5.41) is 4.11. The van der Waals surface area contributed by atoms with E-state index >= 15 is 0 Å². The molecule has 0 unspecified atom stereocenters. The molecule has 1 aliphatic rings. The van der Waals surface area contributed by atoms with Crippen LogP contribution in [0.1, 0.15) is 11.1 Å². The number of rotatable bonds is 3. The zero-order valence-electron chi connectivity index (χ0n) is 10.6. The van der Waals surface area contributed by atoms with Gasteiger partial charge in [-0.3, -0.25) is 4.90 Å². The SMILES string of the molecule is FC(F)(F)C(F)(F)c1ccccc1CN1CC[N]CC1. The van der Waals surface area contributed by atoms with Gasteiger partial charge in [-0.05, 0) is 5.56 Å². The number of alkyl halides is 5. The van der Waals surface area contributed by atoms with Crippen molar-refractivity contribution in [2.45, 2.75) is 18.6 Å². The average Bonchev–Trinajstić information content (AvgIpc) is 2.39. The largest absolute Gasteiger partial charge is 0.458 e. The lowest BCUT2D eigenvalue weighted by Crippen LogP contribution is -2.40. The zero-order chi connectivity index (χ0) is 14.8. The van der Waals surface area contributed by atoms with E-state index in [2.05, 4.69) is 5.32 Å². The molecule has 1 fully saturated rings. The van der Waals surface area contributed by atoms with Gasteiger partial charge in [-0.2, -0.15) is 22.0 Å². The Morgan fingerprint density at radius 3 is 2.20 bits per heavy atom. The predicted octanol–water partition coefficient (Wildman–Crippen LogP) is 2.76. The van der Waals surface area contributed by atoms with E-state index in [9.17, 15) is 22.0 Å². The highest BCUT2D eigenvalue weighted by Crippen LogP contribution is 2.45. The van der Waals surface area contributed by atoms with Crippen molar-refractivity contribution in [2.24, 2.45) is 0 Å². The van der Waals surface area contributed by atoms with Crippen molar-refractivity contribution in [3.63, 3.8) is 0 Å². The zero-order valence-corrected chi connectivity index (χ0v) is 10.6. The first-order valence-corrected chi connectivity index (χ1v) is 6.21. The lowest BCUT2D eigenvalue weighted by Gasteiger charge is -2.29. The van der Waals surface area contributed by atoms with E-state index in [4.69, 9.17) is 0 Å². The monoisotopic (exact) mass is 293 g/mol. The molecule has 1 saturated heterocycles. The summed E-state index contributed by atoms with van der Waals surface area (Å²) in [6, 6.07) is 4.83. The maximum absolute atomic E-state index is 13.5. The van der Waals surface area contributed by atoms with Crippen molar-refractivity contribution in [3.05, 3.63) is 35.4 Å². The molecule has 2 rings (SSSR count). The number of hydrogen-bond acceptors (Lipinski definition) is 1. The van der Waals surface area contributed by atoms with Gasteiger partial charge in [-0.1, -0.05) is 24.3 Å². The summed E-state index contributed by atoms with van der Waals surface area (Å²) in [4.78, 5) is 1.83. The number of halogens is 5. The Kier molecular flexibility index (Phi) is 4.29. The predicted molar refractivity (Wildman–Crippen MR) is 63.5 cm³/mol. The lowest BCUT2D eigenvalue weighted by atomic mass is 10.0. The van der Waals surface area contributed by atoms with Crippen molar-refractivity contribution in [2.75, 3.05) is 26.2 Å². The molecule has 1 aromatic carbocycles. The summed E-state index contributed by atoms with van der Waals surface area (Å²) in [6.45, 7) is 2.39. The van der Waals surface area contributed by atoms with Crippen LogP contribution in [0.4, 0.5) is 22.0 Å². The van der Waals surface area contributed by atoms with Gasteiger partial charge >= 0.3 is 12.1 Å². The minimum absolute atomic E-state index is 0.0109. The molecule has 20 heavy (non-hydrogen) atoms. The highest BCUT2D eigenvalue weighted by molar-refractivity contribution is 5.32. The maximum Gasteiger partial charge on any atom is 0.458 e. The molecule has 0 spiro atoms. The maximum atomic E-state index is 13.5. The molecule has 1 radical (unpaired) electrons. The van der Waals surface area contributed by atoms with E-state index in [0.717, 1.165) is 6.07 Å². The summed E-state index contributed by atoms with van der Waals surface area (Å²) in [5.74, 6) is -4.83. The Bertz CT molecular complexity index is 452. The third-order valence-electron chi connectivity index (χ3n) is 3.25. The lowest BCUT2D eigenvalue weighted by molar-refractivity contribution is -0.289. The molecular weight excluding hydrogens is 279 g/mol. The van der Waals surface area contributed by atoms with Crippen molar-refractivity contribution < 1.29 is 22.0 Å². The number of hydrogen-bond donors (Lipinski definition) is 0. The molecule has 7 heteroatoms. The van der Waals surface area contributed by atoms with E-state index in [-0.39, 0.29) is 12.1 Å². The Labute approximate surface area is 113 Å². The van der Waals surface area contributed by atoms with Crippen LogP contribution in [0.2, 0.25) is 0 Å². The highest BCUT2D eigenvalue weighted by Gasteiger charge is 2.59. The van der Waals surface area contributed by atoms with Crippen molar-refractivity contribution >= 4 is 0 Å². The minimum Gasteiger partial charge on any atom is -0.296 e. The standard InChI is InChI=1S/C13H14F5N2/c14-12(15,13(16,17)18)11-4-2-1-3-10(11)9-20-7-5-19-6-8-20/h1-4H,5-9H2. The molecule has 1 aromatic rings. The second-order valence-electron chi connectivity index (χ2n) is 4.68. The molecular formula is C13H14F5N2. The summed E-state index contributed by atoms with van der Waals surface area (Å²) in [6.07, 6.45) is -5.58. The molecule has 2 nitrogen and oxygen atoms in total. The topological polar surface area (TPSA) is 17.3 Å². The van der Waals surface area contributed by atoms with Crippen LogP contribution < -0.4 is 5.32 Å². The molecule has 0 atom stereocenters. The van der Waals surface area contributed by atoms with Gasteiger partial charge in [-0.25, -0.2) is 5.32 Å². The molecule has 111 valence electrons. The third-order valence-corrected chi connectivity index (χ3v) is 3.25. The van der Waals surface area contributed by atoms with E-state index in [1.54, 1.807) is 0 Å². The average molecular weight is 293 g/mol. The van der Waals surface area contributed by atoms with Gasteiger partial charge in [0.1, 0.15) is 0 Å². The summed E-state index contributed by atoms with van der Waals surface area (Å²) < 4.78 is 64.5. The van der Waals surface area contributed by atoms with Gasteiger partial charge in [-0.15, -0.1) is 0 Å². The van der Waals surface area contributed by atoms with Crippen LogP contribution >= 0.6 is 0 Å². The van der Waals surface area contributed by atoms with Gasteiger partial charge < -0.3 is 0 Å². The van der Waals surface area contributed by atoms with Crippen molar-refractivity contribution in [1.29, 1.82) is 0 Å². The van der Waals surface area contributed by atoms with Crippen LogP contribution in [0, 0.1) is 0 Å². The Morgan fingerprint density at radius 2 is 1.60 bits per heavy atom. The van der Waals surface area contributed by atoms with E-state index < -0.39 is 17.7 Å². The van der Waals surface area contributed by atoms with Crippen LogP contribution in [0.5, 0.6) is 0 Å². The molecule has 0 amide bonds. The van der Waals surface area contributed by atoms with E-state index in [0.29, 0.717) is 26.2 Å². The molecule has 1 aliphatic heterocycles. The van der Waals surface area contributed by atoms with Gasteiger partial charge in [0, 0.05) is 38.3 Å². The van der Waals surface area contributed by atoms with Crippen LogP contribution in [0.15, 0.2) is 24.3 Å². The fourth-order valence-electron chi connectivity index (χ4n) is 2.16. The first-order chi connectivity index (χ1) is 9.32. The van der Waals surface area contributed by atoms with Gasteiger partial charge in [0.15, 0.2) is 0 Å². The van der Waals surface area contributed by atoms with Gasteiger partial charge in [0.05, 0.1) is 0 Å². The Morgan fingerprint density at radius 1 is 1.00 bits per heavy atom. The summed E-state index contributed by atoms with van der Waals surface area (Å²) >= 11 is 0. The Hall–Kier alpha value is -1.21. The highest BCUT2D eigenvalue weighted by atomic mass is 19.4. The van der Waals surface area contributed by atoms with Gasteiger partial charge in [0.25, 0.3) is 0 Å². The normalized spacial score (nSPS) is 18.2. The molecule has 0 aliphatic carbocycles. The first kappa shape index (κ1) is 15.2. The van der Waals surface area contributed by atoms with E-state index in [1.165, 1.54) is 18.2 Å². The second-order valence-corrected chi connectivity index (χ2v) is 4.68. The fraction of sp³-hybridized carbons (Fsp3) is 0.538. The fourth-order valence-corrected chi connectivity index (χ4v) is 2.16. The summed E-state index contributed by atoms with van der Waals surface area (Å²) in [7, 11) is 0. The number of benzene rings is 1. The van der Waals surface area contributed by atoms with Crippen LogP contribution in [-0.4, -0.2) is 37.3 Å². The van der Waals surface area contributed by atoms with E-state index in [1.807, 2.05) is 4.90 Å². The molecule has 0 bridgehead atoms.